The second-order valence-corrected chi connectivity index (χ2v) is 5.46. The summed E-state index contributed by atoms with van der Waals surface area (Å²) in [6, 6.07) is 0. The van der Waals surface area contributed by atoms with E-state index in [4.69, 9.17) is 0 Å². The van der Waals surface area contributed by atoms with Gasteiger partial charge in [-0.3, -0.25) is 9.59 Å². The number of amides is 1. The summed E-state index contributed by atoms with van der Waals surface area (Å²) in [5.74, 6) is 1.73. The molecule has 3 nitrogen and oxygen atoms in total. The van der Waals surface area contributed by atoms with Gasteiger partial charge in [0.2, 0.25) is 5.91 Å². The molecule has 2 fully saturated rings. The van der Waals surface area contributed by atoms with Crippen molar-refractivity contribution in [3.05, 3.63) is 0 Å². The summed E-state index contributed by atoms with van der Waals surface area (Å²) in [4.78, 5) is 24.3. The van der Waals surface area contributed by atoms with Gasteiger partial charge in [0.25, 0.3) is 0 Å². The summed E-state index contributed by atoms with van der Waals surface area (Å²) < 4.78 is 0. The Labute approximate surface area is 97.2 Å². The lowest BCUT2D eigenvalue weighted by molar-refractivity contribution is -0.128. The van der Waals surface area contributed by atoms with Gasteiger partial charge in [-0.15, -0.1) is 0 Å². The van der Waals surface area contributed by atoms with Crippen molar-refractivity contribution in [2.45, 2.75) is 45.4 Å². The Balaban J connectivity index is 1.74. The molecule has 0 N–H and O–H groups in total. The van der Waals surface area contributed by atoms with Crippen LogP contribution in [0.3, 0.4) is 0 Å². The fourth-order valence-electron chi connectivity index (χ4n) is 3.00. The molecule has 16 heavy (non-hydrogen) atoms. The molecule has 2 aliphatic rings. The minimum atomic E-state index is 0.0360. The first-order chi connectivity index (χ1) is 7.65. The zero-order chi connectivity index (χ0) is 11.5. The van der Waals surface area contributed by atoms with Crippen LogP contribution in [-0.2, 0) is 9.59 Å². The highest BCUT2D eigenvalue weighted by molar-refractivity contribution is 6.05. The first-order valence-corrected chi connectivity index (χ1v) is 6.44. The normalized spacial score (nSPS) is 31.2. The van der Waals surface area contributed by atoms with Gasteiger partial charge in [0.05, 0.1) is 13.0 Å². The third-order valence-corrected chi connectivity index (χ3v) is 3.92. The number of rotatable bonds is 3. The van der Waals surface area contributed by atoms with Crippen molar-refractivity contribution >= 4 is 11.7 Å². The second-order valence-electron chi connectivity index (χ2n) is 5.46. The van der Waals surface area contributed by atoms with Crippen molar-refractivity contribution in [2.24, 2.45) is 11.8 Å². The highest BCUT2D eigenvalue weighted by Gasteiger charge is 2.28. The summed E-state index contributed by atoms with van der Waals surface area (Å²) in [6.45, 7) is 3.47. The van der Waals surface area contributed by atoms with Crippen LogP contribution in [0.5, 0.6) is 0 Å². The SMILES string of the molecule is CC1CCCC(CCN2CC(=O)CC2=O)C1. The van der Waals surface area contributed by atoms with Crippen LogP contribution in [-0.4, -0.2) is 29.7 Å². The average Bonchev–Trinajstić information content (AvgIpc) is 2.54. The highest BCUT2D eigenvalue weighted by Crippen LogP contribution is 2.30. The number of likely N-dealkylation sites (tertiary alicyclic amines) is 1. The monoisotopic (exact) mass is 223 g/mol. The van der Waals surface area contributed by atoms with Gasteiger partial charge in [0.1, 0.15) is 0 Å². The fourth-order valence-corrected chi connectivity index (χ4v) is 3.00. The molecule has 1 saturated heterocycles. The van der Waals surface area contributed by atoms with E-state index in [2.05, 4.69) is 6.92 Å². The lowest BCUT2D eigenvalue weighted by Gasteiger charge is -2.28. The minimum absolute atomic E-state index is 0.0360. The number of hydrogen-bond donors (Lipinski definition) is 0. The lowest BCUT2D eigenvalue weighted by Crippen LogP contribution is -2.28. The van der Waals surface area contributed by atoms with E-state index in [9.17, 15) is 9.59 Å². The van der Waals surface area contributed by atoms with Gasteiger partial charge in [0.15, 0.2) is 5.78 Å². The topological polar surface area (TPSA) is 37.4 Å². The van der Waals surface area contributed by atoms with Crippen molar-refractivity contribution in [1.29, 1.82) is 0 Å². The third kappa shape index (κ3) is 2.83. The van der Waals surface area contributed by atoms with Gasteiger partial charge < -0.3 is 4.90 Å². The van der Waals surface area contributed by atoms with E-state index >= 15 is 0 Å². The molecule has 1 amide bonds. The first kappa shape index (κ1) is 11.6. The summed E-state index contributed by atoms with van der Waals surface area (Å²) in [7, 11) is 0. The van der Waals surface area contributed by atoms with E-state index in [0.29, 0.717) is 6.54 Å². The van der Waals surface area contributed by atoms with E-state index in [1.54, 1.807) is 4.90 Å². The van der Waals surface area contributed by atoms with E-state index in [1.165, 1.54) is 25.7 Å². The maximum Gasteiger partial charge on any atom is 0.230 e. The Hall–Kier alpha value is -0.860. The maximum atomic E-state index is 11.4. The number of carbonyl (C=O) groups excluding carboxylic acids is 2. The summed E-state index contributed by atoms with van der Waals surface area (Å²) >= 11 is 0. The standard InChI is InChI=1S/C13H21NO2/c1-10-3-2-4-11(7-10)5-6-14-9-12(15)8-13(14)16/h10-11H,2-9H2,1H3. The molecule has 0 aromatic heterocycles. The zero-order valence-electron chi connectivity index (χ0n) is 10.1. The van der Waals surface area contributed by atoms with Crippen LogP contribution in [0, 0.1) is 11.8 Å². The van der Waals surface area contributed by atoms with Crippen LogP contribution in [0.15, 0.2) is 0 Å². The van der Waals surface area contributed by atoms with E-state index < -0.39 is 0 Å². The largest absolute Gasteiger partial charge is 0.335 e. The van der Waals surface area contributed by atoms with Crippen molar-refractivity contribution in [3.8, 4) is 0 Å². The number of Topliss-reactive ketones (excluding diaryl/α,β-unsaturated/α-hetero) is 1. The Morgan fingerprint density at radius 2 is 2.12 bits per heavy atom. The fraction of sp³-hybridized carbons (Fsp3) is 0.846. The van der Waals surface area contributed by atoms with E-state index in [1.807, 2.05) is 0 Å². The molecule has 1 heterocycles. The molecule has 2 rings (SSSR count). The molecular formula is C13H21NO2. The van der Waals surface area contributed by atoms with Gasteiger partial charge in [0, 0.05) is 6.54 Å². The van der Waals surface area contributed by atoms with Crippen molar-refractivity contribution < 1.29 is 9.59 Å². The Morgan fingerprint density at radius 1 is 1.31 bits per heavy atom. The summed E-state index contributed by atoms with van der Waals surface area (Å²) in [5, 5.41) is 0. The number of carbonyl (C=O) groups is 2. The molecule has 0 radical (unpaired) electrons. The number of ketones is 1. The minimum Gasteiger partial charge on any atom is -0.335 e. The van der Waals surface area contributed by atoms with Gasteiger partial charge in [-0.05, 0) is 24.7 Å². The predicted octanol–water partition coefficient (Wildman–Crippen LogP) is 2.00. The molecule has 0 aromatic rings. The van der Waals surface area contributed by atoms with Crippen LogP contribution in [0.2, 0.25) is 0 Å². The van der Waals surface area contributed by atoms with Crippen molar-refractivity contribution in [1.82, 2.24) is 4.90 Å². The lowest BCUT2D eigenvalue weighted by atomic mass is 9.81. The maximum absolute atomic E-state index is 11.4. The molecule has 0 spiro atoms. The quantitative estimate of drug-likeness (QED) is 0.686. The van der Waals surface area contributed by atoms with Gasteiger partial charge >= 0.3 is 0 Å². The molecule has 2 unspecified atom stereocenters. The predicted molar refractivity (Wildman–Crippen MR) is 61.9 cm³/mol. The van der Waals surface area contributed by atoms with Gasteiger partial charge in [-0.1, -0.05) is 26.2 Å². The molecular weight excluding hydrogens is 202 g/mol. The van der Waals surface area contributed by atoms with Crippen LogP contribution in [0.4, 0.5) is 0 Å². The van der Waals surface area contributed by atoms with Crippen molar-refractivity contribution in [2.75, 3.05) is 13.1 Å². The Bertz CT molecular complexity index is 288. The van der Waals surface area contributed by atoms with Crippen LogP contribution < -0.4 is 0 Å². The highest BCUT2D eigenvalue weighted by atomic mass is 16.2. The smallest absolute Gasteiger partial charge is 0.230 e. The van der Waals surface area contributed by atoms with Crippen LogP contribution in [0.1, 0.15) is 45.4 Å². The van der Waals surface area contributed by atoms with Gasteiger partial charge in [-0.25, -0.2) is 0 Å². The molecule has 1 saturated carbocycles. The van der Waals surface area contributed by atoms with E-state index in [0.717, 1.165) is 24.8 Å². The van der Waals surface area contributed by atoms with E-state index in [-0.39, 0.29) is 18.1 Å². The second kappa shape index (κ2) is 4.98. The molecule has 2 atom stereocenters. The number of nitrogens with zero attached hydrogens (tertiary/aromatic N) is 1. The third-order valence-electron chi connectivity index (χ3n) is 3.92. The van der Waals surface area contributed by atoms with Crippen molar-refractivity contribution in [3.63, 3.8) is 0 Å². The van der Waals surface area contributed by atoms with Crippen LogP contribution in [0.25, 0.3) is 0 Å². The number of hydrogen-bond acceptors (Lipinski definition) is 2. The molecule has 3 heteroatoms. The summed E-state index contributed by atoms with van der Waals surface area (Å²) in [6.07, 6.45) is 6.52. The Kier molecular flexibility index (Phi) is 3.62. The molecule has 90 valence electrons. The zero-order valence-corrected chi connectivity index (χ0v) is 10.1. The Morgan fingerprint density at radius 3 is 2.75 bits per heavy atom. The molecule has 0 bridgehead atoms. The van der Waals surface area contributed by atoms with Crippen LogP contribution >= 0.6 is 0 Å². The summed E-state index contributed by atoms with van der Waals surface area (Å²) in [5.41, 5.74) is 0. The molecule has 1 aliphatic heterocycles. The first-order valence-electron chi connectivity index (χ1n) is 6.44. The van der Waals surface area contributed by atoms with Gasteiger partial charge in [-0.2, -0.15) is 0 Å². The molecule has 0 aromatic carbocycles. The average molecular weight is 223 g/mol. The molecule has 1 aliphatic carbocycles.